The van der Waals surface area contributed by atoms with Crippen LogP contribution in [0.3, 0.4) is 0 Å². The van der Waals surface area contributed by atoms with Crippen LogP contribution in [0.25, 0.3) is 11.0 Å². The number of benzene rings is 1. The van der Waals surface area contributed by atoms with E-state index in [2.05, 4.69) is 10.3 Å². The zero-order chi connectivity index (χ0) is 19.3. The van der Waals surface area contributed by atoms with Gasteiger partial charge < -0.3 is 14.7 Å². The average molecular weight is 365 g/mol. The SMILES string of the molecule is Cc1cc(C(=O)CN2C(=O)NC(C)(c3cc4ccccc4o3)C2=O)c(C)[nH]1. The third kappa shape index (κ3) is 2.63. The number of imide groups is 1. The van der Waals surface area contributed by atoms with E-state index in [9.17, 15) is 14.4 Å². The molecule has 138 valence electrons. The van der Waals surface area contributed by atoms with Gasteiger partial charge in [0.15, 0.2) is 11.3 Å². The molecule has 0 saturated carbocycles. The largest absolute Gasteiger partial charge is 0.458 e. The minimum atomic E-state index is -1.35. The number of hydrogen-bond acceptors (Lipinski definition) is 4. The summed E-state index contributed by atoms with van der Waals surface area (Å²) in [5, 5.41) is 3.50. The summed E-state index contributed by atoms with van der Waals surface area (Å²) >= 11 is 0. The van der Waals surface area contributed by atoms with Crippen molar-refractivity contribution in [3.63, 3.8) is 0 Å². The number of carbonyl (C=O) groups is 3. The van der Waals surface area contributed by atoms with Crippen LogP contribution in [0.2, 0.25) is 0 Å². The van der Waals surface area contributed by atoms with Crippen LogP contribution < -0.4 is 5.32 Å². The number of carbonyl (C=O) groups excluding carboxylic acids is 3. The number of aromatic nitrogens is 1. The summed E-state index contributed by atoms with van der Waals surface area (Å²) in [6.07, 6.45) is 0. The Bertz CT molecular complexity index is 1060. The van der Waals surface area contributed by atoms with E-state index in [0.29, 0.717) is 22.6 Å². The number of urea groups is 1. The summed E-state index contributed by atoms with van der Waals surface area (Å²) < 4.78 is 5.78. The number of amides is 3. The Balaban J connectivity index is 1.63. The lowest BCUT2D eigenvalue weighted by Crippen LogP contribution is -2.41. The second-order valence-corrected chi connectivity index (χ2v) is 7.01. The summed E-state index contributed by atoms with van der Waals surface area (Å²) in [5.74, 6) is -0.468. The van der Waals surface area contributed by atoms with E-state index >= 15 is 0 Å². The third-order valence-electron chi connectivity index (χ3n) is 4.94. The number of H-pyrrole nitrogens is 1. The Hall–Kier alpha value is -3.35. The lowest BCUT2D eigenvalue weighted by Gasteiger charge is -2.18. The fourth-order valence-electron chi connectivity index (χ4n) is 3.48. The Morgan fingerprint density at radius 3 is 2.59 bits per heavy atom. The van der Waals surface area contributed by atoms with Gasteiger partial charge in [0.2, 0.25) is 0 Å². The van der Waals surface area contributed by atoms with Crippen molar-refractivity contribution in [2.45, 2.75) is 26.3 Å². The summed E-state index contributed by atoms with van der Waals surface area (Å²) in [5.41, 5.74) is 1.32. The standard InChI is InChI=1S/C20H19N3O4/c1-11-8-14(12(2)21-11)15(24)10-23-18(25)20(3,22-19(23)26)17-9-13-6-4-5-7-16(13)27-17/h4-9,21H,10H2,1-3H3,(H,22,26). The van der Waals surface area contributed by atoms with E-state index in [-0.39, 0.29) is 12.3 Å². The van der Waals surface area contributed by atoms with E-state index in [0.717, 1.165) is 16.0 Å². The van der Waals surface area contributed by atoms with Crippen molar-refractivity contribution < 1.29 is 18.8 Å². The Labute approximate surface area is 155 Å². The molecule has 1 aromatic carbocycles. The maximum absolute atomic E-state index is 13.0. The first-order chi connectivity index (χ1) is 12.8. The Morgan fingerprint density at radius 2 is 1.93 bits per heavy atom. The van der Waals surface area contributed by atoms with Gasteiger partial charge in [-0.05, 0) is 39.0 Å². The van der Waals surface area contributed by atoms with Gasteiger partial charge in [0.05, 0.1) is 6.54 Å². The fourth-order valence-corrected chi connectivity index (χ4v) is 3.48. The molecule has 3 heterocycles. The third-order valence-corrected chi connectivity index (χ3v) is 4.94. The molecule has 27 heavy (non-hydrogen) atoms. The topological polar surface area (TPSA) is 95.4 Å². The lowest BCUT2D eigenvalue weighted by molar-refractivity contribution is -0.131. The van der Waals surface area contributed by atoms with Crippen molar-refractivity contribution in [2.24, 2.45) is 0 Å². The second kappa shape index (κ2) is 5.84. The van der Waals surface area contributed by atoms with Gasteiger partial charge in [0.1, 0.15) is 11.3 Å². The van der Waals surface area contributed by atoms with Crippen molar-refractivity contribution in [3.8, 4) is 0 Å². The fraction of sp³-hybridized carbons (Fsp3) is 0.250. The molecule has 1 unspecified atom stereocenters. The van der Waals surface area contributed by atoms with E-state index in [4.69, 9.17) is 4.42 Å². The summed E-state index contributed by atoms with van der Waals surface area (Å²) in [7, 11) is 0. The van der Waals surface area contributed by atoms with Crippen LogP contribution in [0.1, 0.15) is 34.4 Å². The van der Waals surface area contributed by atoms with E-state index in [1.807, 2.05) is 25.1 Å². The zero-order valence-electron chi connectivity index (χ0n) is 15.3. The highest BCUT2D eigenvalue weighted by molar-refractivity contribution is 6.11. The van der Waals surface area contributed by atoms with Crippen LogP contribution in [0, 0.1) is 13.8 Å². The summed E-state index contributed by atoms with van der Waals surface area (Å²) in [6.45, 7) is 4.89. The molecule has 0 spiro atoms. The van der Waals surface area contributed by atoms with Crippen LogP contribution in [-0.4, -0.2) is 34.2 Å². The predicted octanol–water partition coefficient (Wildman–Crippen LogP) is 3.03. The summed E-state index contributed by atoms with van der Waals surface area (Å²) in [4.78, 5) is 42.0. The van der Waals surface area contributed by atoms with Gasteiger partial charge in [-0.1, -0.05) is 18.2 Å². The minimum absolute atomic E-state index is 0.297. The van der Waals surface area contributed by atoms with Crippen LogP contribution in [-0.2, 0) is 10.3 Å². The molecule has 1 fully saturated rings. The maximum Gasteiger partial charge on any atom is 0.325 e. The molecule has 1 saturated heterocycles. The van der Waals surface area contributed by atoms with Gasteiger partial charge in [-0.25, -0.2) is 4.79 Å². The molecule has 3 aromatic rings. The Kier molecular flexibility index (Phi) is 3.69. The number of Topliss-reactive ketones (excluding diaryl/α,β-unsaturated/α-hetero) is 1. The monoisotopic (exact) mass is 365 g/mol. The first-order valence-electron chi connectivity index (χ1n) is 8.62. The van der Waals surface area contributed by atoms with Gasteiger partial charge in [0, 0.05) is 22.3 Å². The van der Waals surface area contributed by atoms with Crippen molar-refractivity contribution in [1.82, 2.24) is 15.2 Å². The quantitative estimate of drug-likeness (QED) is 0.549. The normalized spacial score (nSPS) is 19.7. The number of para-hydroxylation sites is 1. The number of aryl methyl sites for hydroxylation is 2. The molecule has 0 aliphatic carbocycles. The van der Waals surface area contributed by atoms with Crippen LogP contribution >= 0.6 is 0 Å². The van der Waals surface area contributed by atoms with Gasteiger partial charge in [0.25, 0.3) is 5.91 Å². The number of fused-ring (bicyclic) bond motifs is 1. The number of ketones is 1. The molecule has 7 nitrogen and oxygen atoms in total. The van der Waals surface area contributed by atoms with Crippen LogP contribution in [0.15, 0.2) is 40.8 Å². The van der Waals surface area contributed by atoms with E-state index < -0.39 is 17.5 Å². The smallest absolute Gasteiger partial charge is 0.325 e. The van der Waals surface area contributed by atoms with Crippen LogP contribution in [0.4, 0.5) is 4.79 Å². The number of rotatable bonds is 4. The molecule has 0 radical (unpaired) electrons. The van der Waals surface area contributed by atoms with Gasteiger partial charge in [-0.15, -0.1) is 0 Å². The molecule has 7 heteroatoms. The highest BCUT2D eigenvalue weighted by atomic mass is 16.3. The highest BCUT2D eigenvalue weighted by Crippen LogP contribution is 2.33. The van der Waals surface area contributed by atoms with Crippen molar-refractivity contribution in [3.05, 3.63) is 59.1 Å². The molecule has 0 bridgehead atoms. The molecular weight excluding hydrogens is 346 g/mol. The summed E-state index contributed by atoms with van der Waals surface area (Å²) in [6, 6.07) is 10.2. The predicted molar refractivity (Wildman–Crippen MR) is 98.4 cm³/mol. The lowest BCUT2D eigenvalue weighted by atomic mass is 9.98. The van der Waals surface area contributed by atoms with Crippen LogP contribution in [0.5, 0.6) is 0 Å². The average Bonchev–Trinajstić information content (AvgIpc) is 3.26. The molecule has 3 amide bonds. The Morgan fingerprint density at radius 1 is 1.19 bits per heavy atom. The first-order valence-corrected chi connectivity index (χ1v) is 8.62. The number of furan rings is 1. The first kappa shape index (κ1) is 17.1. The zero-order valence-corrected chi connectivity index (χ0v) is 15.3. The number of aromatic amines is 1. The number of hydrogen-bond donors (Lipinski definition) is 2. The van der Waals surface area contributed by atoms with Crippen molar-refractivity contribution in [1.29, 1.82) is 0 Å². The van der Waals surface area contributed by atoms with E-state index in [1.54, 1.807) is 32.0 Å². The molecule has 1 aliphatic heterocycles. The number of nitrogens with zero attached hydrogens (tertiary/aromatic N) is 1. The molecular formula is C20H19N3O4. The molecule has 1 atom stereocenters. The maximum atomic E-state index is 13.0. The second-order valence-electron chi connectivity index (χ2n) is 7.01. The highest BCUT2D eigenvalue weighted by Gasteiger charge is 2.51. The molecule has 2 N–H and O–H groups in total. The minimum Gasteiger partial charge on any atom is -0.458 e. The molecule has 4 rings (SSSR count). The van der Waals surface area contributed by atoms with Gasteiger partial charge in [-0.2, -0.15) is 0 Å². The van der Waals surface area contributed by atoms with E-state index in [1.165, 1.54) is 0 Å². The van der Waals surface area contributed by atoms with Crippen molar-refractivity contribution in [2.75, 3.05) is 6.54 Å². The number of nitrogens with one attached hydrogen (secondary N) is 2. The van der Waals surface area contributed by atoms with Crippen molar-refractivity contribution >= 4 is 28.7 Å². The molecule has 2 aromatic heterocycles. The molecule has 1 aliphatic rings. The van der Waals surface area contributed by atoms with Gasteiger partial charge >= 0.3 is 6.03 Å². The van der Waals surface area contributed by atoms with Gasteiger partial charge in [-0.3, -0.25) is 14.5 Å².